The van der Waals surface area contributed by atoms with Crippen LogP contribution in [-0.2, 0) is 0 Å². The van der Waals surface area contributed by atoms with E-state index in [0.717, 1.165) is 11.2 Å². The summed E-state index contributed by atoms with van der Waals surface area (Å²) in [5.74, 6) is 1.30. The van der Waals surface area contributed by atoms with Crippen LogP contribution in [0.4, 0.5) is 4.39 Å². The number of methoxy groups -OCH3 is 3. The van der Waals surface area contributed by atoms with Crippen molar-refractivity contribution < 1.29 is 18.6 Å². The van der Waals surface area contributed by atoms with Crippen LogP contribution in [0.5, 0.6) is 17.2 Å². The van der Waals surface area contributed by atoms with Crippen LogP contribution in [0.25, 0.3) is 28.1 Å². The van der Waals surface area contributed by atoms with Crippen LogP contribution < -0.4 is 14.2 Å². The summed E-state index contributed by atoms with van der Waals surface area (Å²) in [6.45, 7) is 1.73. The molecular formula is C22H20FN3O3. The largest absolute Gasteiger partial charge is 0.493 e. The van der Waals surface area contributed by atoms with Crippen LogP contribution in [0.15, 0.2) is 48.8 Å². The third-order valence-corrected chi connectivity index (χ3v) is 4.79. The first kappa shape index (κ1) is 18.7. The number of aromatic nitrogens is 3. The van der Waals surface area contributed by atoms with Crippen molar-refractivity contribution in [1.29, 1.82) is 0 Å². The molecule has 0 aliphatic heterocycles. The molecular weight excluding hydrogens is 373 g/mol. The third-order valence-electron chi connectivity index (χ3n) is 4.79. The van der Waals surface area contributed by atoms with Crippen LogP contribution in [0, 0.1) is 12.7 Å². The van der Waals surface area contributed by atoms with Crippen LogP contribution in [0.1, 0.15) is 5.56 Å². The van der Waals surface area contributed by atoms with Gasteiger partial charge in [-0.15, -0.1) is 0 Å². The van der Waals surface area contributed by atoms with Crippen molar-refractivity contribution in [2.24, 2.45) is 0 Å². The number of benzene rings is 2. The molecule has 148 valence electrons. The van der Waals surface area contributed by atoms with Crippen molar-refractivity contribution in [1.82, 2.24) is 14.5 Å². The monoisotopic (exact) mass is 393 g/mol. The number of imidazole rings is 1. The minimum Gasteiger partial charge on any atom is -0.493 e. The molecule has 6 nitrogen and oxygen atoms in total. The van der Waals surface area contributed by atoms with Gasteiger partial charge in [-0.25, -0.2) is 14.4 Å². The second-order valence-corrected chi connectivity index (χ2v) is 6.50. The van der Waals surface area contributed by atoms with E-state index < -0.39 is 0 Å². The number of ether oxygens (including phenoxy) is 3. The summed E-state index contributed by atoms with van der Waals surface area (Å²) < 4.78 is 32.1. The predicted molar refractivity (Wildman–Crippen MR) is 109 cm³/mol. The molecule has 29 heavy (non-hydrogen) atoms. The lowest BCUT2D eigenvalue weighted by Gasteiger charge is -2.14. The Kier molecular flexibility index (Phi) is 4.80. The Hall–Kier alpha value is -3.61. The van der Waals surface area contributed by atoms with Crippen LogP contribution in [-0.4, -0.2) is 35.9 Å². The maximum atomic E-state index is 14.0. The van der Waals surface area contributed by atoms with Gasteiger partial charge >= 0.3 is 0 Å². The molecule has 0 radical (unpaired) electrons. The molecule has 0 amide bonds. The fourth-order valence-corrected chi connectivity index (χ4v) is 3.20. The Bertz CT molecular complexity index is 1180. The van der Waals surface area contributed by atoms with Crippen molar-refractivity contribution in [3.05, 3.63) is 60.2 Å². The van der Waals surface area contributed by atoms with E-state index in [2.05, 4.69) is 4.98 Å². The summed E-state index contributed by atoms with van der Waals surface area (Å²) in [5.41, 5.74) is 4.06. The molecule has 0 aliphatic carbocycles. The lowest BCUT2D eigenvalue weighted by atomic mass is 10.1. The van der Waals surface area contributed by atoms with Gasteiger partial charge in [0.15, 0.2) is 17.1 Å². The average Bonchev–Trinajstić information content (AvgIpc) is 3.17. The molecule has 0 unspecified atom stereocenters. The van der Waals surface area contributed by atoms with Crippen LogP contribution in [0.3, 0.4) is 0 Å². The van der Waals surface area contributed by atoms with Crippen LogP contribution >= 0.6 is 0 Å². The summed E-state index contributed by atoms with van der Waals surface area (Å²) in [6.07, 6.45) is 1.68. The van der Waals surface area contributed by atoms with Gasteiger partial charge in [0.25, 0.3) is 0 Å². The average molecular weight is 393 g/mol. The lowest BCUT2D eigenvalue weighted by Crippen LogP contribution is -2.00. The summed E-state index contributed by atoms with van der Waals surface area (Å²) in [5, 5.41) is 0. The molecule has 0 atom stereocenters. The second-order valence-electron chi connectivity index (χ2n) is 6.50. The Labute approximate surface area is 167 Å². The second kappa shape index (κ2) is 7.43. The summed E-state index contributed by atoms with van der Waals surface area (Å²) >= 11 is 0. The van der Waals surface area contributed by atoms with Gasteiger partial charge in [-0.1, -0.05) is 12.1 Å². The number of pyridine rings is 1. The van der Waals surface area contributed by atoms with E-state index >= 15 is 0 Å². The fraction of sp³-hybridized carbons (Fsp3) is 0.182. The van der Waals surface area contributed by atoms with E-state index in [0.29, 0.717) is 39.7 Å². The van der Waals surface area contributed by atoms with Gasteiger partial charge in [0, 0.05) is 17.7 Å². The highest BCUT2D eigenvalue weighted by atomic mass is 19.1. The first-order valence-electron chi connectivity index (χ1n) is 8.96. The highest BCUT2D eigenvalue weighted by Crippen LogP contribution is 2.39. The number of nitrogens with zero attached hydrogens (tertiary/aromatic N) is 3. The fourth-order valence-electron chi connectivity index (χ4n) is 3.20. The Morgan fingerprint density at radius 1 is 0.897 bits per heavy atom. The molecule has 0 N–H and O–H groups in total. The van der Waals surface area contributed by atoms with E-state index in [9.17, 15) is 4.39 Å². The molecule has 2 heterocycles. The molecule has 4 rings (SSSR count). The van der Waals surface area contributed by atoms with Gasteiger partial charge in [-0.05, 0) is 30.7 Å². The first-order valence-corrected chi connectivity index (χ1v) is 8.96. The van der Waals surface area contributed by atoms with Gasteiger partial charge in [0.2, 0.25) is 5.75 Å². The van der Waals surface area contributed by atoms with Gasteiger partial charge in [-0.2, -0.15) is 0 Å². The van der Waals surface area contributed by atoms with Crippen molar-refractivity contribution in [2.75, 3.05) is 21.3 Å². The zero-order valence-electron chi connectivity index (χ0n) is 16.6. The molecule has 7 heteroatoms. The zero-order valence-corrected chi connectivity index (χ0v) is 16.6. The Morgan fingerprint density at radius 2 is 1.62 bits per heavy atom. The topological polar surface area (TPSA) is 58.4 Å². The van der Waals surface area contributed by atoms with Crippen molar-refractivity contribution in [2.45, 2.75) is 6.92 Å². The SMILES string of the molecule is COc1cc(-n2cnc3ccc(-c4ccc(C)c(F)c4)nc32)cc(OC)c1OC. The lowest BCUT2D eigenvalue weighted by molar-refractivity contribution is 0.324. The van der Waals surface area contributed by atoms with Gasteiger partial charge in [-0.3, -0.25) is 4.57 Å². The zero-order chi connectivity index (χ0) is 20.5. The summed E-state index contributed by atoms with van der Waals surface area (Å²) in [4.78, 5) is 9.16. The van der Waals surface area contributed by atoms with Crippen molar-refractivity contribution in [3.8, 4) is 34.2 Å². The third kappa shape index (κ3) is 3.24. The maximum absolute atomic E-state index is 14.0. The van der Waals surface area contributed by atoms with E-state index in [1.807, 2.05) is 34.9 Å². The standard InChI is InChI=1S/C22H20FN3O3/c1-13-5-6-14(9-16(13)23)17-7-8-18-22(25-17)26(12-24-18)15-10-19(27-2)21(29-4)20(11-15)28-3/h5-12H,1-4H3. The minimum atomic E-state index is -0.262. The smallest absolute Gasteiger partial charge is 0.203 e. The molecule has 2 aromatic carbocycles. The highest BCUT2D eigenvalue weighted by Gasteiger charge is 2.16. The number of rotatable bonds is 5. The van der Waals surface area contributed by atoms with E-state index in [1.54, 1.807) is 40.6 Å². The Morgan fingerprint density at radius 3 is 2.24 bits per heavy atom. The number of aryl methyl sites for hydroxylation is 1. The van der Waals surface area contributed by atoms with E-state index in [-0.39, 0.29) is 5.82 Å². The number of hydrogen-bond acceptors (Lipinski definition) is 5. The quantitative estimate of drug-likeness (QED) is 0.497. The van der Waals surface area contributed by atoms with E-state index in [1.165, 1.54) is 6.07 Å². The van der Waals surface area contributed by atoms with Gasteiger partial charge in [0.05, 0.1) is 32.7 Å². The molecule has 0 saturated heterocycles. The summed E-state index contributed by atoms with van der Waals surface area (Å²) in [7, 11) is 4.69. The molecule has 2 aromatic heterocycles. The van der Waals surface area contributed by atoms with Gasteiger partial charge in [0.1, 0.15) is 17.7 Å². The van der Waals surface area contributed by atoms with Crippen LogP contribution in [0.2, 0.25) is 0 Å². The molecule has 0 saturated carbocycles. The van der Waals surface area contributed by atoms with Crippen molar-refractivity contribution >= 4 is 11.2 Å². The maximum Gasteiger partial charge on any atom is 0.203 e. The Balaban J connectivity index is 1.88. The summed E-state index contributed by atoms with van der Waals surface area (Å²) in [6, 6.07) is 12.4. The molecule has 0 fully saturated rings. The number of fused-ring (bicyclic) bond motifs is 1. The van der Waals surface area contributed by atoms with Crippen molar-refractivity contribution in [3.63, 3.8) is 0 Å². The first-order chi connectivity index (χ1) is 14.0. The normalized spacial score (nSPS) is 10.9. The van der Waals surface area contributed by atoms with Gasteiger partial charge < -0.3 is 14.2 Å². The highest BCUT2D eigenvalue weighted by molar-refractivity contribution is 5.78. The molecule has 0 aliphatic rings. The number of hydrogen-bond donors (Lipinski definition) is 0. The molecule has 0 bridgehead atoms. The molecule has 4 aromatic rings. The predicted octanol–water partition coefficient (Wildman–Crippen LogP) is 4.56. The number of halogens is 1. The van der Waals surface area contributed by atoms with E-state index in [4.69, 9.17) is 19.2 Å². The molecule has 0 spiro atoms. The minimum absolute atomic E-state index is 0.262.